The van der Waals surface area contributed by atoms with Gasteiger partial charge in [-0.25, -0.2) is 4.98 Å². The van der Waals surface area contributed by atoms with Gasteiger partial charge in [0, 0.05) is 31.9 Å². The minimum absolute atomic E-state index is 0.675. The number of hydrogen-bond acceptors (Lipinski definition) is 5. The summed E-state index contributed by atoms with van der Waals surface area (Å²) in [6.45, 7) is 6.81. The van der Waals surface area contributed by atoms with Crippen LogP contribution >= 0.6 is 0 Å². The molecule has 5 nitrogen and oxygen atoms in total. The predicted octanol–water partition coefficient (Wildman–Crippen LogP) is 1.07. The average molecular weight is 236 g/mol. The van der Waals surface area contributed by atoms with Gasteiger partial charge < -0.3 is 15.0 Å². The molecular formula is C12H20N4O. The molecule has 5 heteroatoms. The van der Waals surface area contributed by atoms with Crippen molar-refractivity contribution in [3.63, 3.8) is 0 Å². The molecule has 1 fully saturated rings. The minimum Gasteiger partial charge on any atom is -0.478 e. The summed E-state index contributed by atoms with van der Waals surface area (Å²) >= 11 is 0. The van der Waals surface area contributed by atoms with Gasteiger partial charge in [-0.3, -0.25) is 0 Å². The summed E-state index contributed by atoms with van der Waals surface area (Å²) in [7, 11) is 0. The summed E-state index contributed by atoms with van der Waals surface area (Å²) in [6.07, 6.45) is 3.89. The van der Waals surface area contributed by atoms with Crippen LogP contribution in [0.25, 0.3) is 0 Å². The molecule has 1 aliphatic rings. The highest BCUT2D eigenvalue weighted by molar-refractivity contribution is 5.32. The van der Waals surface area contributed by atoms with Crippen LogP contribution in [0.1, 0.15) is 19.8 Å². The summed E-state index contributed by atoms with van der Waals surface area (Å²) in [5.41, 5.74) is 0. The van der Waals surface area contributed by atoms with Gasteiger partial charge in [0.2, 0.25) is 11.8 Å². The Balaban J connectivity index is 2.03. The number of nitrogens with zero attached hydrogens (tertiary/aromatic N) is 3. The summed E-state index contributed by atoms with van der Waals surface area (Å²) in [4.78, 5) is 11.0. The molecule has 94 valence electrons. The molecule has 0 unspecified atom stereocenters. The van der Waals surface area contributed by atoms with Crippen molar-refractivity contribution >= 4 is 5.95 Å². The summed E-state index contributed by atoms with van der Waals surface area (Å²) in [5.74, 6) is 1.45. The van der Waals surface area contributed by atoms with Crippen molar-refractivity contribution in [2.75, 3.05) is 37.7 Å². The molecule has 2 heterocycles. The van der Waals surface area contributed by atoms with E-state index in [2.05, 4.69) is 27.1 Å². The van der Waals surface area contributed by atoms with Crippen LogP contribution in [0.5, 0.6) is 5.88 Å². The first-order valence-electron chi connectivity index (χ1n) is 6.31. The standard InChI is InChI=1S/C12H20N4O/c1-2-10-17-11-4-6-14-12(15-11)16-8-3-5-13-7-9-16/h4,6,13H,2-3,5,7-10H2,1H3. The smallest absolute Gasteiger partial charge is 0.228 e. The topological polar surface area (TPSA) is 50.3 Å². The molecule has 2 rings (SSSR count). The molecule has 1 saturated heterocycles. The Bertz CT molecular complexity index is 337. The molecule has 17 heavy (non-hydrogen) atoms. The maximum absolute atomic E-state index is 5.52. The fourth-order valence-electron chi connectivity index (χ4n) is 1.82. The highest BCUT2D eigenvalue weighted by Gasteiger charge is 2.12. The molecule has 1 aliphatic heterocycles. The average Bonchev–Trinajstić information content (AvgIpc) is 2.65. The highest BCUT2D eigenvalue weighted by Crippen LogP contribution is 2.13. The van der Waals surface area contributed by atoms with E-state index in [9.17, 15) is 0 Å². The van der Waals surface area contributed by atoms with Gasteiger partial charge >= 0.3 is 0 Å². The second kappa shape index (κ2) is 6.39. The lowest BCUT2D eigenvalue weighted by Gasteiger charge is -2.19. The number of aromatic nitrogens is 2. The van der Waals surface area contributed by atoms with Crippen molar-refractivity contribution in [2.45, 2.75) is 19.8 Å². The lowest BCUT2D eigenvalue weighted by atomic mass is 10.4. The third kappa shape index (κ3) is 3.56. The molecule has 0 spiro atoms. The van der Waals surface area contributed by atoms with Crippen molar-refractivity contribution in [2.24, 2.45) is 0 Å². The van der Waals surface area contributed by atoms with E-state index in [4.69, 9.17) is 4.74 Å². The lowest BCUT2D eigenvalue weighted by Crippen LogP contribution is -2.29. The van der Waals surface area contributed by atoms with Gasteiger partial charge in [0.1, 0.15) is 0 Å². The Morgan fingerprint density at radius 1 is 1.41 bits per heavy atom. The van der Waals surface area contributed by atoms with Crippen LogP contribution in [-0.2, 0) is 0 Å². The molecule has 1 N–H and O–H groups in total. The zero-order valence-corrected chi connectivity index (χ0v) is 10.4. The molecule has 1 aromatic rings. The van der Waals surface area contributed by atoms with E-state index in [1.807, 2.05) is 6.07 Å². The van der Waals surface area contributed by atoms with Crippen LogP contribution < -0.4 is 15.0 Å². The quantitative estimate of drug-likeness (QED) is 0.847. The van der Waals surface area contributed by atoms with E-state index < -0.39 is 0 Å². The Kier molecular flexibility index (Phi) is 4.55. The van der Waals surface area contributed by atoms with Crippen LogP contribution in [0, 0.1) is 0 Å². The van der Waals surface area contributed by atoms with Crippen LogP contribution in [0.15, 0.2) is 12.3 Å². The van der Waals surface area contributed by atoms with Gasteiger partial charge in [-0.1, -0.05) is 6.92 Å². The number of rotatable bonds is 4. The molecule has 1 aromatic heterocycles. The maximum atomic E-state index is 5.52. The fourth-order valence-corrected chi connectivity index (χ4v) is 1.82. The fraction of sp³-hybridized carbons (Fsp3) is 0.667. The molecule has 0 bridgehead atoms. The maximum Gasteiger partial charge on any atom is 0.228 e. The van der Waals surface area contributed by atoms with E-state index in [1.54, 1.807) is 6.20 Å². The molecule has 0 aromatic carbocycles. The Hall–Kier alpha value is -1.36. The number of nitrogens with one attached hydrogen (secondary N) is 1. The number of hydrogen-bond donors (Lipinski definition) is 1. The van der Waals surface area contributed by atoms with E-state index in [1.165, 1.54) is 0 Å². The highest BCUT2D eigenvalue weighted by atomic mass is 16.5. The first-order chi connectivity index (χ1) is 8.40. The molecule has 0 atom stereocenters. The van der Waals surface area contributed by atoms with E-state index in [0.29, 0.717) is 12.5 Å². The van der Waals surface area contributed by atoms with Gasteiger partial charge in [0.25, 0.3) is 0 Å². The molecule has 0 amide bonds. The molecule has 0 radical (unpaired) electrons. The lowest BCUT2D eigenvalue weighted by molar-refractivity contribution is 0.305. The second-order valence-corrected chi connectivity index (χ2v) is 4.13. The summed E-state index contributed by atoms with van der Waals surface area (Å²) in [5, 5.41) is 3.37. The van der Waals surface area contributed by atoms with Crippen molar-refractivity contribution in [1.29, 1.82) is 0 Å². The summed E-state index contributed by atoms with van der Waals surface area (Å²) in [6, 6.07) is 1.81. The van der Waals surface area contributed by atoms with E-state index in [-0.39, 0.29) is 0 Å². The van der Waals surface area contributed by atoms with Crippen LogP contribution in [-0.4, -0.2) is 42.8 Å². The number of anilines is 1. The van der Waals surface area contributed by atoms with Crippen molar-refractivity contribution < 1.29 is 4.74 Å². The third-order valence-corrected chi connectivity index (χ3v) is 2.69. The van der Waals surface area contributed by atoms with Gasteiger partial charge in [0.05, 0.1) is 6.61 Å². The largest absolute Gasteiger partial charge is 0.478 e. The van der Waals surface area contributed by atoms with Crippen molar-refractivity contribution in [3.8, 4) is 5.88 Å². The minimum atomic E-state index is 0.675. The summed E-state index contributed by atoms with van der Waals surface area (Å²) < 4.78 is 5.52. The zero-order chi connectivity index (χ0) is 11.9. The Morgan fingerprint density at radius 2 is 2.35 bits per heavy atom. The van der Waals surface area contributed by atoms with Crippen molar-refractivity contribution in [3.05, 3.63) is 12.3 Å². The van der Waals surface area contributed by atoms with Gasteiger partial charge in [0.15, 0.2) is 0 Å². The number of ether oxygens (including phenoxy) is 1. The zero-order valence-electron chi connectivity index (χ0n) is 10.4. The normalized spacial score (nSPS) is 16.6. The molecule has 0 saturated carbocycles. The predicted molar refractivity (Wildman–Crippen MR) is 67.5 cm³/mol. The first kappa shape index (κ1) is 12.1. The molecule has 0 aliphatic carbocycles. The van der Waals surface area contributed by atoms with Crippen LogP contribution in [0.3, 0.4) is 0 Å². The second-order valence-electron chi connectivity index (χ2n) is 4.13. The van der Waals surface area contributed by atoms with Gasteiger partial charge in [-0.15, -0.1) is 0 Å². The van der Waals surface area contributed by atoms with Gasteiger partial charge in [-0.05, 0) is 19.4 Å². The SMILES string of the molecule is CCCOc1ccnc(N2CCCNCC2)n1. The van der Waals surface area contributed by atoms with Gasteiger partial charge in [-0.2, -0.15) is 4.98 Å². The van der Waals surface area contributed by atoms with E-state index in [0.717, 1.165) is 45.0 Å². The Morgan fingerprint density at radius 3 is 3.24 bits per heavy atom. The van der Waals surface area contributed by atoms with E-state index >= 15 is 0 Å². The molecular weight excluding hydrogens is 216 g/mol. The van der Waals surface area contributed by atoms with Crippen LogP contribution in [0.4, 0.5) is 5.95 Å². The first-order valence-corrected chi connectivity index (χ1v) is 6.31. The Labute approximate surface area is 102 Å². The van der Waals surface area contributed by atoms with Crippen LogP contribution in [0.2, 0.25) is 0 Å². The van der Waals surface area contributed by atoms with Crippen molar-refractivity contribution in [1.82, 2.24) is 15.3 Å². The monoisotopic (exact) mass is 236 g/mol. The third-order valence-electron chi connectivity index (χ3n) is 2.69.